The van der Waals surface area contributed by atoms with Gasteiger partial charge >= 0.3 is 5.97 Å². The number of hydrogen-bond acceptors (Lipinski definition) is 7. The van der Waals surface area contributed by atoms with Crippen LogP contribution < -0.4 is 4.90 Å². The fraction of sp³-hybridized carbons (Fsp3) is 0.730. The topological polar surface area (TPSA) is 83.1 Å². The second-order valence-corrected chi connectivity index (χ2v) is 13.9. The molecular weight excluding hydrogens is 564 g/mol. The highest BCUT2D eigenvalue weighted by atomic mass is 16.5. The molecule has 1 aromatic heterocycles. The van der Waals surface area contributed by atoms with Gasteiger partial charge in [0.2, 0.25) is 11.8 Å². The molecular formula is C37H56N4O4. The van der Waals surface area contributed by atoms with E-state index < -0.39 is 6.10 Å². The first-order valence-corrected chi connectivity index (χ1v) is 18.2. The molecule has 2 amide bonds. The van der Waals surface area contributed by atoms with Crippen LogP contribution in [0.5, 0.6) is 0 Å². The largest absolute Gasteiger partial charge is 0.459 e. The van der Waals surface area contributed by atoms with Crippen molar-refractivity contribution >= 4 is 23.6 Å². The Morgan fingerprint density at radius 1 is 0.800 bits per heavy atom. The van der Waals surface area contributed by atoms with E-state index in [1.54, 1.807) is 0 Å². The van der Waals surface area contributed by atoms with E-state index in [0.29, 0.717) is 13.0 Å². The van der Waals surface area contributed by atoms with Crippen LogP contribution in [0.15, 0.2) is 36.5 Å². The minimum absolute atomic E-state index is 0.0700. The van der Waals surface area contributed by atoms with Crippen LogP contribution >= 0.6 is 0 Å². The van der Waals surface area contributed by atoms with Gasteiger partial charge in [-0.25, -0.2) is 4.98 Å². The van der Waals surface area contributed by atoms with Crippen LogP contribution in [0.1, 0.15) is 103 Å². The van der Waals surface area contributed by atoms with Gasteiger partial charge in [0.25, 0.3) is 0 Å². The summed E-state index contributed by atoms with van der Waals surface area (Å²) in [5.41, 5.74) is 0. The third-order valence-electron chi connectivity index (χ3n) is 10.5. The quantitative estimate of drug-likeness (QED) is 0.0722. The molecule has 8 heteroatoms. The Labute approximate surface area is 270 Å². The predicted molar refractivity (Wildman–Crippen MR) is 178 cm³/mol. The lowest BCUT2D eigenvalue weighted by molar-refractivity contribution is -0.155. The molecule has 0 radical (unpaired) electrons. The molecule has 5 rings (SSSR count). The highest BCUT2D eigenvalue weighted by Crippen LogP contribution is 2.52. The first-order valence-electron chi connectivity index (χ1n) is 18.2. The molecule has 45 heavy (non-hydrogen) atoms. The zero-order valence-electron chi connectivity index (χ0n) is 27.6. The standard InChI is InChI=1S/C37H56N4O4/c1-2-3-4-5-6-7-8-9-10-11-12-13-14-18-33(42)45-31(27-39-22-24-40(25-23-39)32-17-15-16-21-38-32)28-41-36(43)34-29-19-20-30(26-29)35(34)37(41)44/h15-17,19-21,29-31,34-35H,2-14,18,22-28H2,1H3. The van der Waals surface area contributed by atoms with Crippen molar-refractivity contribution in [1.29, 1.82) is 0 Å². The zero-order chi connectivity index (χ0) is 31.4. The van der Waals surface area contributed by atoms with E-state index in [2.05, 4.69) is 33.9 Å². The number of amides is 2. The number of likely N-dealkylation sites (tertiary alicyclic amines) is 1. The average Bonchev–Trinajstić information content (AvgIpc) is 3.74. The Balaban J connectivity index is 1.04. The van der Waals surface area contributed by atoms with Gasteiger partial charge in [0.05, 0.1) is 18.4 Å². The summed E-state index contributed by atoms with van der Waals surface area (Å²) in [5.74, 6) is 0.527. The number of unbranched alkanes of at least 4 members (excludes halogenated alkanes) is 12. The lowest BCUT2D eigenvalue weighted by atomic mass is 9.85. The monoisotopic (exact) mass is 620 g/mol. The minimum Gasteiger partial charge on any atom is -0.459 e. The van der Waals surface area contributed by atoms with Crippen molar-refractivity contribution in [3.8, 4) is 0 Å². The fourth-order valence-corrected chi connectivity index (χ4v) is 8.00. The van der Waals surface area contributed by atoms with Gasteiger partial charge in [-0.1, -0.05) is 102 Å². The van der Waals surface area contributed by atoms with Crippen LogP contribution in [0.25, 0.3) is 0 Å². The number of rotatable bonds is 20. The second-order valence-electron chi connectivity index (χ2n) is 13.9. The molecule has 2 saturated heterocycles. The molecule has 4 aliphatic rings. The summed E-state index contributed by atoms with van der Waals surface area (Å²) in [6.45, 7) is 6.23. The first-order chi connectivity index (χ1) is 22.0. The van der Waals surface area contributed by atoms with Crippen LogP contribution in [-0.4, -0.2) is 77.9 Å². The number of esters is 1. The van der Waals surface area contributed by atoms with Crippen LogP contribution in [0.4, 0.5) is 5.82 Å². The molecule has 0 aromatic carbocycles. The van der Waals surface area contributed by atoms with E-state index in [9.17, 15) is 14.4 Å². The number of carbonyl (C=O) groups is 3. The average molecular weight is 621 g/mol. The Hall–Kier alpha value is -2.74. The normalized spacial score (nSPS) is 24.9. The van der Waals surface area contributed by atoms with Gasteiger partial charge in [-0.05, 0) is 36.8 Å². The summed E-state index contributed by atoms with van der Waals surface area (Å²) < 4.78 is 6.05. The Kier molecular flexibility index (Phi) is 12.9. The summed E-state index contributed by atoms with van der Waals surface area (Å²) >= 11 is 0. The SMILES string of the molecule is CCCCCCCCCCCCCCCC(=O)OC(CN1CCN(c2ccccn2)CC1)CN1C(=O)C2C3C=CC(C3)C2C1=O. The van der Waals surface area contributed by atoms with Crippen LogP contribution in [0, 0.1) is 23.7 Å². The van der Waals surface area contributed by atoms with Crippen molar-refractivity contribution in [2.75, 3.05) is 44.2 Å². The molecule has 2 aliphatic heterocycles. The number of pyridine rings is 1. The molecule has 0 N–H and O–H groups in total. The van der Waals surface area contributed by atoms with Crippen LogP contribution in [0.2, 0.25) is 0 Å². The number of piperazine rings is 1. The predicted octanol–water partition coefficient (Wildman–Crippen LogP) is 6.40. The number of carbonyl (C=O) groups excluding carboxylic acids is 3. The molecule has 8 nitrogen and oxygen atoms in total. The molecule has 2 aliphatic carbocycles. The van der Waals surface area contributed by atoms with Crippen molar-refractivity contribution in [2.24, 2.45) is 23.7 Å². The Morgan fingerprint density at radius 2 is 1.38 bits per heavy atom. The number of aromatic nitrogens is 1. The van der Waals surface area contributed by atoms with Crippen molar-refractivity contribution < 1.29 is 19.1 Å². The molecule has 248 valence electrons. The lowest BCUT2D eigenvalue weighted by Crippen LogP contribution is -2.51. The highest BCUT2D eigenvalue weighted by molar-refractivity contribution is 6.06. The minimum atomic E-state index is -0.516. The molecule has 2 bridgehead atoms. The number of nitrogens with zero attached hydrogens (tertiary/aromatic N) is 4. The van der Waals surface area contributed by atoms with Crippen molar-refractivity contribution in [3.63, 3.8) is 0 Å². The molecule has 3 fully saturated rings. The van der Waals surface area contributed by atoms with E-state index >= 15 is 0 Å². The Bertz CT molecular complexity index is 1090. The maximum absolute atomic E-state index is 13.4. The fourth-order valence-electron chi connectivity index (χ4n) is 8.00. The first kappa shape index (κ1) is 33.6. The third kappa shape index (κ3) is 9.17. The van der Waals surface area contributed by atoms with Crippen molar-refractivity contribution in [2.45, 2.75) is 109 Å². The number of hydrogen-bond donors (Lipinski definition) is 0. The second kappa shape index (κ2) is 17.3. The third-order valence-corrected chi connectivity index (χ3v) is 10.5. The van der Waals surface area contributed by atoms with Gasteiger partial charge in [0, 0.05) is 45.3 Å². The maximum Gasteiger partial charge on any atom is 0.306 e. The molecule has 1 saturated carbocycles. The maximum atomic E-state index is 13.4. The van der Waals surface area contributed by atoms with Gasteiger partial charge in [0.15, 0.2) is 0 Å². The van der Waals surface area contributed by atoms with Gasteiger partial charge in [0.1, 0.15) is 11.9 Å². The number of fused-ring (bicyclic) bond motifs is 5. The van der Waals surface area contributed by atoms with E-state index in [-0.39, 0.29) is 48.0 Å². The highest BCUT2D eigenvalue weighted by Gasteiger charge is 2.59. The van der Waals surface area contributed by atoms with E-state index in [0.717, 1.165) is 57.7 Å². The summed E-state index contributed by atoms with van der Waals surface area (Å²) in [4.78, 5) is 50.3. The molecule has 5 atom stereocenters. The molecule has 0 spiro atoms. The van der Waals surface area contributed by atoms with Crippen molar-refractivity contribution in [3.05, 3.63) is 36.5 Å². The van der Waals surface area contributed by atoms with Crippen molar-refractivity contribution in [1.82, 2.24) is 14.8 Å². The number of ether oxygens (including phenoxy) is 1. The van der Waals surface area contributed by atoms with Crippen LogP contribution in [-0.2, 0) is 19.1 Å². The molecule has 3 heterocycles. The smallest absolute Gasteiger partial charge is 0.306 e. The zero-order valence-corrected chi connectivity index (χ0v) is 27.6. The van der Waals surface area contributed by atoms with Gasteiger partial charge in [-0.15, -0.1) is 0 Å². The number of anilines is 1. The van der Waals surface area contributed by atoms with Gasteiger partial charge in [-0.3, -0.25) is 24.2 Å². The van der Waals surface area contributed by atoms with Gasteiger partial charge < -0.3 is 9.64 Å². The van der Waals surface area contributed by atoms with E-state index in [1.165, 1.54) is 69.1 Å². The summed E-state index contributed by atoms with van der Waals surface area (Å²) in [7, 11) is 0. The van der Waals surface area contributed by atoms with E-state index in [4.69, 9.17) is 4.74 Å². The number of imide groups is 1. The summed E-state index contributed by atoms with van der Waals surface area (Å²) in [6.07, 6.45) is 23.2. The van der Waals surface area contributed by atoms with Crippen LogP contribution in [0.3, 0.4) is 0 Å². The molecule has 1 aromatic rings. The van der Waals surface area contributed by atoms with E-state index in [1.807, 2.05) is 24.4 Å². The van der Waals surface area contributed by atoms with Gasteiger partial charge in [-0.2, -0.15) is 0 Å². The number of allylic oxidation sites excluding steroid dienone is 2. The Morgan fingerprint density at radius 3 is 1.93 bits per heavy atom. The summed E-state index contributed by atoms with van der Waals surface area (Å²) in [5, 5.41) is 0. The molecule has 5 unspecified atom stereocenters. The summed E-state index contributed by atoms with van der Waals surface area (Å²) in [6, 6.07) is 5.95. The lowest BCUT2D eigenvalue weighted by Gasteiger charge is -2.37.